The Balaban J connectivity index is 1.87. The molecule has 3 nitrogen and oxygen atoms in total. The van der Waals surface area contributed by atoms with Gasteiger partial charge in [-0.25, -0.2) is 0 Å². The zero-order chi connectivity index (χ0) is 15.6. The highest BCUT2D eigenvalue weighted by Gasteiger charge is 2.28. The van der Waals surface area contributed by atoms with Crippen molar-refractivity contribution in [2.45, 2.75) is 5.37 Å². The number of benzene rings is 2. The van der Waals surface area contributed by atoms with Crippen LogP contribution in [0.2, 0.25) is 5.02 Å². The van der Waals surface area contributed by atoms with Crippen molar-refractivity contribution in [1.29, 1.82) is 0 Å². The van der Waals surface area contributed by atoms with Crippen LogP contribution in [0.5, 0.6) is 0 Å². The van der Waals surface area contributed by atoms with E-state index in [4.69, 9.17) is 21.3 Å². The minimum absolute atomic E-state index is 0.304. The van der Waals surface area contributed by atoms with E-state index in [1.165, 1.54) is 0 Å². The van der Waals surface area contributed by atoms with E-state index in [2.05, 4.69) is 23.1 Å². The lowest BCUT2D eigenvalue weighted by atomic mass is 10.0. The number of anilines is 1. The van der Waals surface area contributed by atoms with E-state index in [-0.39, 0.29) is 0 Å². The number of rotatable bonds is 1. The Hall–Kier alpha value is -1.49. The van der Waals surface area contributed by atoms with Crippen LogP contribution in [-0.2, 0) is 4.74 Å². The van der Waals surface area contributed by atoms with Crippen LogP contribution in [0, 0.1) is 0 Å². The van der Waals surface area contributed by atoms with Gasteiger partial charge in [0.05, 0.1) is 24.2 Å². The molecular formula is C18H17ClN2OS. The van der Waals surface area contributed by atoms with Gasteiger partial charge in [0.25, 0.3) is 0 Å². The van der Waals surface area contributed by atoms with Crippen LogP contribution >= 0.6 is 23.4 Å². The molecule has 4 rings (SSSR count). The normalized spacial score (nSPS) is 20.8. The fourth-order valence-corrected chi connectivity index (χ4v) is 4.19. The molecule has 1 fully saturated rings. The van der Waals surface area contributed by atoms with Crippen molar-refractivity contribution in [3.05, 3.63) is 64.7 Å². The topological polar surface area (TPSA) is 24.8 Å². The maximum absolute atomic E-state index is 6.28. The van der Waals surface area contributed by atoms with Crippen molar-refractivity contribution in [2.24, 2.45) is 4.99 Å². The van der Waals surface area contributed by atoms with Gasteiger partial charge in [-0.1, -0.05) is 41.9 Å². The molecule has 0 aliphatic carbocycles. The molecule has 0 N–H and O–H groups in total. The molecule has 2 aliphatic heterocycles. The minimum Gasteiger partial charge on any atom is -0.360 e. The van der Waals surface area contributed by atoms with E-state index in [9.17, 15) is 0 Å². The standard InChI is InChI=1S/C18H17ClN2OS/c19-14-6-7-16-15(10-14)18(13-4-2-1-3-5-13)20-11-17-21(16)12-22-8-9-23-17/h1-7,10,17H,8-9,11-12H2. The van der Waals surface area contributed by atoms with Gasteiger partial charge >= 0.3 is 0 Å². The van der Waals surface area contributed by atoms with E-state index >= 15 is 0 Å². The number of aliphatic imine (C=N–C) groups is 1. The molecule has 0 radical (unpaired) electrons. The molecule has 5 heteroatoms. The van der Waals surface area contributed by atoms with Crippen LogP contribution in [0.3, 0.4) is 0 Å². The number of hydrogen-bond acceptors (Lipinski definition) is 4. The number of thioether (sulfide) groups is 1. The molecule has 0 aromatic heterocycles. The van der Waals surface area contributed by atoms with E-state index in [0.29, 0.717) is 12.1 Å². The number of fused-ring (bicyclic) bond motifs is 3. The van der Waals surface area contributed by atoms with Gasteiger partial charge in [-0.3, -0.25) is 4.99 Å². The SMILES string of the molecule is Clc1ccc2c(c1)C(c1ccccc1)=NCC1SCCOCN21. The van der Waals surface area contributed by atoms with Gasteiger partial charge in [-0.15, -0.1) is 11.8 Å². The van der Waals surface area contributed by atoms with Gasteiger partial charge in [-0.2, -0.15) is 0 Å². The first-order valence-electron chi connectivity index (χ1n) is 7.69. The summed E-state index contributed by atoms with van der Waals surface area (Å²) in [6, 6.07) is 16.4. The van der Waals surface area contributed by atoms with E-state index in [1.807, 2.05) is 42.1 Å². The molecule has 1 atom stereocenters. The Morgan fingerprint density at radius 3 is 2.91 bits per heavy atom. The Bertz CT molecular complexity index is 735. The number of ether oxygens (including phenoxy) is 1. The molecule has 2 aliphatic rings. The molecule has 0 spiro atoms. The summed E-state index contributed by atoms with van der Waals surface area (Å²) in [4.78, 5) is 7.25. The van der Waals surface area contributed by atoms with Crippen molar-refractivity contribution >= 4 is 34.8 Å². The average molecular weight is 345 g/mol. The largest absolute Gasteiger partial charge is 0.360 e. The van der Waals surface area contributed by atoms with Crippen LogP contribution < -0.4 is 4.90 Å². The first kappa shape index (κ1) is 15.1. The van der Waals surface area contributed by atoms with Crippen LogP contribution in [-0.4, -0.2) is 36.7 Å². The lowest BCUT2D eigenvalue weighted by Gasteiger charge is -2.29. The molecule has 1 unspecified atom stereocenters. The van der Waals surface area contributed by atoms with Crippen molar-refractivity contribution < 1.29 is 4.74 Å². The smallest absolute Gasteiger partial charge is 0.120 e. The van der Waals surface area contributed by atoms with Crippen molar-refractivity contribution in [2.75, 3.05) is 30.5 Å². The fraction of sp³-hybridized carbons (Fsp3) is 0.278. The first-order valence-corrected chi connectivity index (χ1v) is 9.11. The average Bonchev–Trinajstić information content (AvgIpc) is 2.89. The van der Waals surface area contributed by atoms with E-state index in [1.54, 1.807) is 0 Å². The summed E-state index contributed by atoms with van der Waals surface area (Å²) in [5.41, 5.74) is 4.36. The second-order valence-electron chi connectivity index (χ2n) is 5.55. The van der Waals surface area contributed by atoms with Gasteiger partial charge in [0.15, 0.2) is 0 Å². The number of halogens is 1. The molecule has 0 amide bonds. The second-order valence-corrected chi connectivity index (χ2v) is 7.27. The number of nitrogens with zero attached hydrogens (tertiary/aromatic N) is 2. The fourth-order valence-electron chi connectivity index (χ4n) is 3.00. The highest BCUT2D eigenvalue weighted by Crippen LogP contribution is 2.34. The van der Waals surface area contributed by atoms with Crippen LogP contribution in [0.1, 0.15) is 11.1 Å². The summed E-state index contributed by atoms with van der Waals surface area (Å²) in [6.45, 7) is 2.14. The minimum atomic E-state index is 0.304. The molecule has 23 heavy (non-hydrogen) atoms. The molecule has 1 saturated heterocycles. The summed E-state index contributed by atoms with van der Waals surface area (Å²) in [7, 11) is 0. The summed E-state index contributed by atoms with van der Waals surface area (Å²) < 4.78 is 5.77. The third-order valence-corrected chi connectivity index (χ3v) is 5.52. The quantitative estimate of drug-likeness (QED) is 0.780. The zero-order valence-electron chi connectivity index (χ0n) is 12.6. The predicted octanol–water partition coefficient (Wildman–Crippen LogP) is 4.04. The van der Waals surface area contributed by atoms with E-state index in [0.717, 1.165) is 46.5 Å². The lowest BCUT2D eigenvalue weighted by Crippen LogP contribution is -2.35. The zero-order valence-corrected chi connectivity index (χ0v) is 14.2. The molecule has 2 aromatic rings. The van der Waals surface area contributed by atoms with Crippen molar-refractivity contribution in [3.63, 3.8) is 0 Å². The van der Waals surface area contributed by atoms with Crippen LogP contribution in [0.4, 0.5) is 5.69 Å². The number of hydrogen-bond donors (Lipinski definition) is 0. The Kier molecular flexibility index (Phi) is 4.29. The highest BCUT2D eigenvalue weighted by molar-refractivity contribution is 8.00. The monoisotopic (exact) mass is 344 g/mol. The lowest BCUT2D eigenvalue weighted by molar-refractivity contribution is 0.152. The van der Waals surface area contributed by atoms with Gasteiger partial charge in [-0.05, 0) is 18.2 Å². The Morgan fingerprint density at radius 2 is 2.04 bits per heavy atom. The van der Waals surface area contributed by atoms with E-state index < -0.39 is 0 Å². The molecular weight excluding hydrogens is 328 g/mol. The third-order valence-electron chi connectivity index (χ3n) is 4.09. The summed E-state index contributed by atoms with van der Waals surface area (Å²) in [5, 5.41) is 1.04. The maximum atomic E-state index is 6.28. The molecule has 2 heterocycles. The highest BCUT2D eigenvalue weighted by atomic mass is 35.5. The van der Waals surface area contributed by atoms with Gasteiger partial charge in [0, 0.05) is 27.6 Å². The van der Waals surface area contributed by atoms with Crippen molar-refractivity contribution in [3.8, 4) is 0 Å². The molecule has 0 bridgehead atoms. The first-order chi connectivity index (χ1) is 11.3. The van der Waals surface area contributed by atoms with Crippen molar-refractivity contribution in [1.82, 2.24) is 0 Å². The van der Waals surface area contributed by atoms with Crippen LogP contribution in [0.15, 0.2) is 53.5 Å². The van der Waals surface area contributed by atoms with Gasteiger partial charge < -0.3 is 9.64 Å². The maximum Gasteiger partial charge on any atom is 0.120 e. The second kappa shape index (κ2) is 6.56. The van der Waals surface area contributed by atoms with Gasteiger partial charge in [0.1, 0.15) is 6.73 Å². The Labute approximate surface area is 145 Å². The summed E-state index contributed by atoms with van der Waals surface area (Å²) >= 11 is 8.19. The van der Waals surface area contributed by atoms with Crippen LogP contribution in [0.25, 0.3) is 0 Å². The molecule has 118 valence electrons. The third kappa shape index (κ3) is 2.99. The van der Waals surface area contributed by atoms with Gasteiger partial charge in [0.2, 0.25) is 0 Å². The molecule has 2 aromatic carbocycles. The summed E-state index contributed by atoms with van der Waals surface area (Å²) in [6.07, 6.45) is 0. The molecule has 0 saturated carbocycles. The predicted molar refractivity (Wildman–Crippen MR) is 97.9 cm³/mol. The summed E-state index contributed by atoms with van der Waals surface area (Å²) in [5.74, 6) is 1.00. The Morgan fingerprint density at radius 1 is 1.17 bits per heavy atom.